The maximum Gasteiger partial charge on any atom is 0.133 e. The minimum Gasteiger partial charge on any atom is -0.265 e. The number of nitrogens with zero attached hydrogens (tertiary/aromatic N) is 5. The normalized spacial score (nSPS) is 10.4. The van der Waals surface area contributed by atoms with Crippen LogP contribution in [0.4, 0.5) is 0 Å². The number of rotatable bonds is 6. The molecule has 6 nitrogen and oxygen atoms in total. The quantitative estimate of drug-likeness (QED) is 0.708. The number of nitrogens with one attached hydrogen (secondary N) is 1. The summed E-state index contributed by atoms with van der Waals surface area (Å²) >= 11 is 0. The zero-order valence-electron chi connectivity index (χ0n) is 12.6. The molecule has 0 radical (unpaired) electrons. The summed E-state index contributed by atoms with van der Waals surface area (Å²) in [5, 5.41) is 10.6. The van der Waals surface area contributed by atoms with E-state index in [1.807, 2.05) is 24.3 Å². The molecule has 3 rings (SSSR count). The van der Waals surface area contributed by atoms with E-state index in [1.54, 1.807) is 18.5 Å². The molecular weight excluding hydrogens is 288 g/mol. The summed E-state index contributed by atoms with van der Waals surface area (Å²) in [6.45, 7) is 7.60. The van der Waals surface area contributed by atoms with Gasteiger partial charge in [-0.15, -0.1) is 18.3 Å². The minimum atomic E-state index is 0.569. The third kappa shape index (κ3) is 3.06. The van der Waals surface area contributed by atoms with E-state index in [4.69, 9.17) is 0 Å². The van der Waals surface area contributed by atoms with Crippen LogP contribution in [-0.4, -0.2) is 30.4 Å². The van der Waals surface area contributed by atoms with Crippen molar-refractivity contribution in [1.82, 2.24) is 30.4 Å². The molecule has 0 aromatic carbocycles. The fourth-order valence-electron chi connectivity index (χ4n) is 2.33. The summed E-state index contributed by atoms with van der Waals surface area (Å²) in [4.78, 5) is 13.7. The average Bonchev–Trinajstić information content (AvgIpc) is 3.11. The second kappa shape index (κ2) is 6.74. The van der Waals surface area contributed by atoms with Crippen molar-refractivity contribution in [2.24, 2.45) is 0 Å². The second-order valence-corrected chi connectivity index (χ2v) is 4.87. The lowest BCUT2D eigenvalue weighted by molar-refractivity contribution is 0.931. The van der Waals surface area contributed by atoms with Crippen LogP contribution in [0.5, 0.6) is 0 Å². The monoisotopic (exact) mass is 304 g/mol. The van der Waals surface area contributed by atoms with Gasteiger partial charge in [0.15, 0.2) is 0 Å². The van der Waals surface area contributed by atoms with Gasteiger partial charge >= 0.3 is 0 Å². The Kier molecular flexibility index (Phi) is 4.33. The predicted molar refractivity (Wildman–Crippen MR) is 88.4 cm³/mol. The number of hydrogen-bond donors (Lipinski definition) is 1. The molecule has 0 fully saturated rings. The van der Waals surface area contributed by atoms with Crippen LogP contribution in [0, 0.1) is 0 Å². The number of aromatic amines is 1. The predicted octanol–water partition coefficient (Wildman–Crippen LogP) is 2.78. The van der Waals surface area contributed by atoms with Crippen molar-refractivity contribution in [3.8, 4) is 22.8 Å². The van der Waals surface area contributed by atoms with Crippen LogP contribution >= 0.6 is 0 Å². The van der Waals surface area contributed by atoms with Gasteiger partial charge in [0, 0.05) is 18.2 Å². The van der Waals surface area contributed by atoms with Crippen molar-refractivity contribution in [2.75, 3.05) is 0 Å². The highest BCUT2D eigenvalue weighted by Gasteiger charge is 2.18. The van der Waals surface area contributed by atoms with Gasteiger partial charge in [0.2, 0.25) is 0 Å². The lowest BCUT2D eigenvalue weighted by Crippen LogP contribution is -2.05. The SMILES string of the molecule is C=CCc1nc(-c2ccccn2)c(CC=C)c(-c2c[nH]nn2)n1. The number of pyridine rings is 1. The molecule has 23 heavy (non-hydrogen) atoms. The third-order valence-electron chi connectivity index (χ3n) is 3.30. The third-order valence-corrected chi connectivity index (χ3v) is 3.30. The molecule has 0 aliphatic heterocycles. The van der Waals surface area contributed by atoms with Gasteiger partial charge in [-0.05, 0) is 18.6 Å². The van der Waals surface area contributed by atoms with Gasteiger partial charge in [-0.2, -0.15) is 0 Å². The summed E-state index contributed by atoms with van der Waals surface area (Å²) in [6, 6.07) is 5.74. The average molecular weight is 304 g/mol. The van der Waals surface area contributed by atoms with Crippen LogP contribution in [0.3, 0.4) is 0 Å². The highest BCUT2D eigenvalue weighted by Crippen LogP contribution is 2.28. The molecule has 0 atom stereocenters. The molecule has 0 aliphatic carbocycles. The first-order valence-electron chi connectivity index (χ1n) is 7.23. The van der Waals surface area contributed by atoms with E-state index in [9.17, 15) is 0 Å². The van der Waals surface area contributed by atoms with Crippen LogP contribution in [0.2, 0.25) is 0 Å². The van der Waals surface area contributed by atoms with Crippen molar-refractivity contribution < 1.29 is 0 Å². The number of allylic oxidation sites excluding steroid dienone is 2. The molecule has 3 heterocycles. The van der Waals surface area contributed by atoms with E-state index in [2.05, 4.69) is 43.5 Å². The van der Waals surface area contributed by atoms with Crippen molar-refractivity contribution in [1.29, 1.82) is 0 Å². The number of H-pyrrole nitrogens is 1. The van der Waals surface area contributed by atoms with Crippen molar-refractivity contribution in [3.05, 3.63) is 67.3 Å². The summed E-state index contributed by atoms with van der Waals surface area (Å²) in [5.41, 5.74) is 3.93. The van der Waals surface area contributed by atoms with Gasteiger partial charge in [-0.3, -0.25) is 10.1 Å². The van der Waals surface area contributed by atoms with Crippen molar-refractivity contribution in [2.45, 2.75) is 12.8 Å². The molecule has 6 heteroatoms. The topological polar surface area (TPSA) is 80.2 Å². The molecule has 0 saturated heterocycles. The van der Waals surface area contributed by atoms with Crippen molar-refractivity contribution in [3.63, 3.8) is 0 Å². The van der Waals surface area contributed by atoms with Crippen molar-refractivity contribution >= 4 is 0 Å². The first kappa shape index (κ1) is 14.8. The summed E-state index contributed by atoms with van der Waals surface area (Å²) in [6.07, 6.45) is 8.24. The van der Waals surface area contributed by atoms with E-state index in [-0.39, 0.29) is 0 Å². The van der Waals surface area contributed by atoms with E-state index >= 15 is 0 Å². The molecule has 0 aliphatic rings. The molecule has 114 valence electrons. The van der Waals surface area contributed by atoms with Gasteiger partial charge in [-0.25, -0.2) is 9.97 Å². The zero-order chi connectivity index (χ0) is 16.1. The minimum absolute atomic E-state index is 0.569. The smallest absolute Gasteiger partial charge is 0.133 e. The van der Waals surface area contributed by atoms with E-state index < -0.39 is 0 Å². The first-order valence-corrected chi connectivity index (χ1v) is 7.23. The Bertz CT molecular complexity index is 809. The molecule has 3 aromatic rings. The molecular formula is C17H16N6. The molecule has 0 saturated carbocycles. The maximum atomic E-state index is 4.67. The largest absolute Gasteiger partial charge is 0.265 e. The molecule has 0 spiro atoms. The van der Waals surface area contributed by atoms with Crippen LogP contribution in [0.15, 0.2) is 55.9 Å². The number of hydrogen-bond acceptors (Lipinski definition) is 5. The fourth-order valence-corrected chi connectivity index (χ4v) is 2.33. The highest BCUT2D eigenvalue weighted by molar-refractivity contribution is 5.70. The Morgan fingerprint density at radius 1 is 1.00 bits per heavy atom. The summed E-state index contributed by atoms with van der Waals surface area (Å²) in [5.74, 6) is 0.673. The fraction of sp³-hybridized carbons (Fsp3) is 0.118. The molecule has 1 N–H and O–H groups in total. The Hall–Kier alpha value is -3.15. The van der Waals surface area contributed by atoms with Crippen LogP contribution in [0.1, 0.15) is 11.4 Å². The highest BCUT2D eigenvalue weighted by atomic mass is 15.3. The Morgan fingerprint density at radius 2 is 1.78 bits per heavy atom. The van der Waals surface area contributed by atoms with E-state index in [0.29, 0.717) is 24.4 Å². The number of aromatic nitrogens is 6. The van der Waals surface area contributed by atoms with Gasteiger partial charge in [0.1, 0.15) is 17.2 Å². The molecule has 0 unspecified atom stereocenters. The van der Waals surface area contributed by atoms with Gasteiger partial charge in [0.05, 0.1) is 17.6 Å². The first-order chi connectivity index (χ1) is 11.3. The van der Waals surface area contributed by atoms with E-state index in [1.165, 1.54) is 0 Å². The molecule has 0 amide bonds. The van der Waals surface area contributed by atoms with Gasteiger partial charge in [-0.1, -0.05) is 23.4 Å². The summed E-state index contributed by atoms with van der Waals surface area (Å²) < 4.78 is 0. The van der Waals surface area contributed by atoms with Gasteiger partial charge in [0.25, 0.3) is 0 Å². The lowest BCUT2D eigenvalue weighted by atomic mass is 10.0. The standard InChI is InChI=1S/C17H16N6/c1-3-7-12-16(13-9-5-6-10-18-13)20-15(8-4-2)21-17(12)14-11-19-23-22-14/h3-6,9-11H,1-2,7-8H2,(H,19,22,23). The Balaban J connectivity index is 2.27. The van der Waals surface area contributed by atoms with Crippen LogP contribution in [-0.2, 0) is 12.8 Å². The lowest BCUT2D eigenvalue weighted by Gasteiger charge is -2.12. The maximum absolute atomic E-state index is 4.67. The van der Waals surface area contributed by atoms with Crippen LogP contribution < -0.4 is 0 Å². The van der Waals surface area contributed by atoms with Gasteiger partial charge < -0.3 is 0 Å². The Morgan fingerprint density at radius 3 is 2.39 bits per heavy atom. The zero-order valence-corrected chi connectivity index (χ0v) is 12.6. The van der Waals surface area contributed by atoms with E-state index in [0.717, 1.165) is 22.6 Å². The molecule has 0 bridgehead atoms. The Labute approximate surface area is 134 Å². The van der Waals surface area contributed by atoms with Crippen LogP contribution in [0.25, 0.3) is 22.8 Å². The molecule has 3 aromatic heterocycles. The second-order valence-electron chi connectivity index (χ2n) is 4.87. The summed E-state index contributed by atoms with van der Waals surface area (Å²) in [7, 11) is 0.